The molecule has 1 saturated heterocycles. The largest absolute Gasteiger partial charge is 0.497 e. The number of halogens is 1. The van der Waals surface area contributed by atoms with Gasteiger partial charge in [0.2, 0.25) is 5.91 Å². The molecule has 1 aliphatic heterocycles. The summed E-state index contributed by atoms with van der Waals surface area (Å²) in [6.45, 7) is 4.12. The molecule has 166 valence electrons. The molecular weight excluding hydrogens is 416 g/mol. The summed E-state index contributed by atoms with van der Waals surface area (Å²) in [5.41, 5.74) is 2.03. The average molecular weight is 445 g/mol. The molecule has 1 amide bonds. The molecule has 7 heteroatoms. The summed E-state index contributed by atoms with van der Waals surface area (Å²) in [7, 11) is 4.77. The fourth-order valence-electron chi connectivity index (χ4n) is 3.65. The van der Waals surface area contributed by atoms with E-state index in [0.29, 0.717) is 23.1 Å². The van der Waals surface area contributed by atoms with Gasteiger partial charge < -0.3 is 19.1 Å². The molecule has 0 N–H and O–H groups in total. The highest BCUT2D eigenvalue weighted by Crippen LogP contribution is 2.36. The highest BCUT2D eigenvalue weighted by atomic mass is 35.5. The van der Waals surface area contributed by atoms with E-state index in [1.807, 2.05) is 17.0 Å². The zero-order chi connectivity index (χ0) is 22.2. The van der Waals surface area contributed by atoms with Crippen molar-refractivity contribution in [3.05, 3.63) is 58.6 Å². The van der Waals surface area contributed by atoms with Gasteiger partial charge in [-0.15, -0.1) is 0 Å². The summed E-state index contributed by atoms with van der Waals surface area (Å²) in [6.07, 6.45) is 4.30. The van der Waals surface area contributed by atoms with Crippen molar-refractivity contribution in [2.24, 2.45) is 0 Å². The van der Waals surface area contributed by atoms with Gasteiger partial charge in [0.1, 0.15) is 5.75 Å². The lowest BCUT2D eigenvalue weighted by Crippen LogP contribution is -2.34. The molecule has 1 fully saturated rings. The Labute approximate surface area is 188 Å². The number of benzene rings is 2. The number of ether oxygens (including phenoxy) is 3. The third-order valence-electron chi connectivity index (χ3n) is 5.34. The molecular formula is C24H29ClN2O4. The minimum absolute atomic E-state index is 0.00259. The van der Waals surface area contributed by atoms with Gasteiger partial charge in [0.25, 0.3) is 0 Å². The predicted molar refractivity (Wildman–Crippen MR) is 123 cm³/mol. The molecule has 1 aliphatic rings. The van der Waals surface area contributed by atoms with E-state index in [2.05, 4.69) is 17.0 Å². The monoisotopic (exact) mass is 444 g/mol. The van der Waals surface area contributed by atoms with E-state index in [1.54, 1.807) is 45.6 Å². The van der Waals surface area contributed by atoms with Gasteiger partial charge in [0, 0.05) is 38.8 Å². The van der Waals surface area contributed by atoms with Crippen LogP contribution >= 0.6 is 11.6 Å². The molecule has 0 saturated carbocycles. The molecule has 2 aromatic carbocycles. The molecule has 2 aromatic rings. The van der Waals surface area contributed by atoms with Crippen LogP contribution in [0.3, 0.4) is 0 Å². The molecule has 31 heavy (non-hydrogen) atoms. The fourth-order valence-corrected chi connectivity index (χ4v) is 3.94. The van der Waals surface area contributed by atoms with Crippen molar-refractivity contribution in [3.63, 3.8) is 0 Å². The molecule has 0 atom stereocenters. The van der Waals surface area contributed by atoms with Gasteiger partial charge >= 0.3 is 0 Å². The van der Waals surface area contributed by atoms with Crippen LogP contribution in [0.15, 0.2) is 42.5 Å². The quantitative estimate of drug-likeness (QED) is 0.601. The van der Waals surface area contributed by atoms with Gasteiger partial charge in [0.05, 0.1) is 26.4 Å². The second-order valence-electron chi connectivity index (χ2n) is 7.37. The minimum Gasteiger partial charge on any atom is -0.497 e. The van der Waals surface area contributed by atoms with Crippen molar-refractivity contribution in [2.45, 2.75) is 13.0 Å². The second-order valence-corrected chi connectivity index (χ2v) is 7.78. The molecule has 1 heterocycles. The van der Waals surface area contributed by atoms with Crippen molar-refractivity contribution in [2.75, 3.05) is 47.5 Å². The predicted octanol–water partition coefficient (Wildman–Crippen LogP) is 4.11. The maximum atomic E-state index is 12.7. The number of nitrogens with zero attached hydrogens (tertiary/aromatic N) is 2. The first-order valence-electron chi connectivity index (χ1n) is 10.3. The molecule has 0 unspecified atom stereocenters. The molecule has 0 aliphatic carbocycles. The molecule has 0 aromatic heterocycles. The normalized spacial score (nSPS) is 15.0. The lowest BCUT2D eigenvalue weighted by Gasteiger charge is -2.21. The summed E-state index contributed by atoms with van der Waals surface area (Å²) in [5, 5.41) is 0.442. The van der Waals surface area contributed by atoms with Gasteiger partial charge in [0.15, 0.2) is 11.5 Å². The van der Waals surface area contributed by atoms with E-state index < -0.39 is 0 Å². The average Bonchev–Trinajstić information content (AvgIpc) is 3.03. The summed E-state index contributed by atoms with van der Waals surface area (Å²) in [6, 6.07) is 11.7. The van der Waals surface area contributed by atoms with Crippen molar-refractivity contribution in [3.8, 4) is 17.2 Å². The maximum Gasteiger partial charge on any atom is 0.246 e. The Morgan fingerprint density at radius 3 is 2.45 bits per heavy atom. The Morgan fingerprint density at radius 1 is 1.00 bits per heavy atom. The van der Waals surface area contributed by atoms with Gasteiger partial charge in [-0.3, -0.25) is 9.69 Å². The minimum atomic E-state index is -0.00259. The lowest BCUT2D eigenvalue weighted by molar-refractivity contribution is -0.125. The van der Waals surface area contributed by atoms with Gasteiger partial charge in [-0.2, -0.15) is 0 Å². The molecule has 3 rings (SSSR count). The van der Waals surface area contributed by atoms with Crippen LogP contribution in [0.1, 0.15) is 17.5 Å². The Bertz CT molecular complexity index is 915. The number of carbonyl (C=O) groups is 1. The van der Waals surface area contributed by atoms with Crippen LogP contribution in [0.4, 0.5) is 0 Å². The Morgan fingerprint density at radius 2 is 1.77 bits per heavy atom. The van der Waals surface area contributed by atoms with Crippen LogP contribution < -0.4 is 14.2 Å². The number of amides is 1. The Kier molecular flexibility index (Phi) is 8.20. The summed E-state index contributed by atoms with van der Waals surface area (Å²) in [5.74, 6) is 1.87. The lowest BCUT2D eigenvalue weighted by atomic mass is 10.2. The van der Waals surface area contributed by atoms with E-state index in [0.717, 1.165) is 43.9 Å². The van der Waals surface area contributed by atoms with Crippen molar-refractivity contribution >= 4 is 23.6 Å². The van der Waals surface area contributed by atoms with Crippen molar-refractivity contribution in [1.82, 2.24) is 9.80 Å². The summed E-state index contributed by atoms with van der Waals surface area (Å²) >= 11 is 6.25. The first-order chi connectivity index (χ1) is 15.0. The van der Waals surface area contributed by atoms with E-state index in [9.17, 15) is 4.79 Å². The molecule has 0 bridgehead atoms. The zero-order valence-electron chi connectivity index (χ0n) is 18.3. The van der Waals surface area contributed by atoms with Crippen LogP contribution in [0.5, 0.6) is 17.2 Å². The van der Waals surface area contributed by atoms with Crippen LogP contribution in [-0.2, 0) is 11.3 Å². The first-order valence-corrected chi connectivity index (χ1v) is 10.7. The summed E-state index contributed by atoms with van der Waals surface area (Å²) < 4.78 is 15.8. The summed E-state index contributed by atoms with van der Waals surface area (Å²) in [4.78, 5) is 17.0. The van der Waals surface area contributed by atoms with Crippen LogP contribution in [0, 0.1) is 0 Å². The first kappa shape index (κ1) is 23.0. The number of carbonyl (C=O) groups excluding carboxylic acids is 1. The van der Waals surface area contributed by atoms with Gasteiger partial charge in [-0.25, -0.2) is 0 Å². The smallest absolute Gasteiger partial charge is 0.246 e. The Hall–Kier alpha value is -2.70. The number of hydrogen-bond acceptors (Lipinski definition) is 5. The topological polar surface area (TPSA) is 51.2 Å². The maximum absolute atomic E-state index is 12.7. The van der Waals surface area contributed by atoms with Crippen molar-refractivity contribution in [1.29, 1.82) is 0 Å². The number of hydrogen-bond donors (Lipinski definition) is 0. The van der Waals surface area contributed by atoms with Gasteiger partial charge in [-0.05, 0) is 47.9 Å². The third-order valence-corrected chi connectivity index (χ3v) is 5.62. The standard InChI is InChI=1S/C24H29ClN2O4/c1-29-20-8-5-18(6-9-20)17-26-11-4-12-27(14-13-26)23(28)10-7-19-15-21(25)24(31-3)22(16-19)30-2/h5-10,15-16H,4,11-14,17H2,1-3H3/b10-7+. The van der Waals surface area contributed by atoms with E-state index in [-0.39, 0.29) is 5.91 Å². The highest BCUT2D eigenvalue weighted by Gasteiger charge is 2.18. The van der Waals surface area contributed by atoms with Gasteiger partial charge in [-0.1, -0.05) is 23.7 Å². The zero-order valence-corrected chi connectivity index (χ0v) is 19.0. The second kappa shape index (κ2) is 11.1. The molecule has 6 nitrogen and oxygen atoms in total. The number of rotatable bonds is 7. The molecule has 0 spiro atoms. The fraction of sp³-hybridized carbons (Fsp3) is 0.375. The van der Waals surface area contributed by atoms with Crippen LogP contribution in [0.2, 0.25) is 5.02 Å². The number of methoxy groups -OCH3 is 3. The van der Waals surface area contributed by atoms with E-state index in [4.69, 9.17) is 25.8 Å². The highest BCUT2D eigenvalue weighted by molar-refractivity contribution is 6.32. The van der Waals surface area contributed by atoms with E-state index >= 15 is 0 Å². The molecule has 0 radical (unpaired) electrons. The van der Waals surface area contributed by atoms with Crippen molar-refractivity contribution < 1.29 is 19.0 Å². The third kappa shape index (κ3) is 6.15. The van der Waals surface area contributed by atoms with E-state index in [1.165, 1.54) is 5.56 Å². The SMILES string of the molecule is COc1ccc(CN2CCCN(C(=O)/C=C/c3cc(Cl)c(OC)c(OC)c3)CC2)cc1. The van der Waals surface area contributed by atoms with Crippen LogP contribution in [-0.4, -0.2) is 63.2 Å². The Balaban J connectivity index is 1.58. The van der Waals surface area contributed by atoms with Crippen LogP contribution in [0.25, 0.3) is 6.08 Å².